The number of phenols is 1. The van der Waals surface area contributed by atoms with Gasteiger partial charge in [-0.05, 0) is 17.7 Å². The van der Waals surface area contributed by atoms with E-state index in [2.05, 4.69) is 0 Å². The van der Waals surface area contributed by atoms with Crippen molar-refractivity contribution in [3.8, 4) is 5.75 Å². The van der Waals surface area contributed by atoms with E-state index in [0.29, 0.717) is 5.56 Å². The molecule has 0 saturated heterocycles. The minimum absolute atomic E-state index is 0.249. The van der Waals surface area contributed by atoms with Gasteiger partial charge in [0.05, 0.1) is 6.42 Å². The Morgan fingerprint density at radius 1 is 1.36 bits per heavy atom. The third kappa shape index (κ3) is 2.35. The van der Waals surface area contributed by atoms with E-state index in [-0.39, 0.29) is 23.1 Å². The van der Waals surface area contributed by atoms with Crippen LogP contribution in [0, 0.1) is 0 Å². The Morgan fingerprint density at radius 3 is 2.50 bits per heavy atom. The fourth-order valence-electron chi connectivity index (χ4n) is 1.01. The van der Waals surface area contributed by atoms with Crippen LogP contribution in [0.15, 0.2) is 18.2 Å². The predicted molar refractivity (Wildman–Crippen MR) is 45.5 cm³/mol. The van der Waals surface area contributed by atoms with Crippen LogP contribution in [0.1, 0.15) is 5.56 Å². The highest BCUT2D eigenvalue weighted by Crippen LogP contribution is 2.26. The van der Waals surface area contributed by atoms with Gasteiger partial charge in [-0.2, -0.15) is 0 Å². The summed E-state index contributed by atoms with van der Waals surface area (Å²) in [5.74, 6) is -1.38. The molecule has 0 saturated carbocycles. The minimum Gasteiger partial charge on any atom is -0.506 e. The first-order valence-electron chi connectivity index (χ1n) is 3.72. The van der Waals surface area contributed by atoms with E-state index in [1.165, 1.54) is 18.2 Å². The zero-order valence-corrected chi connectivity index (χ0v) is 7.08. The van der Waals surface area contributed by atoms with Gasteiger partial charge in [-0.1, -0.05) is 6.07 Å². The number of hydrogen-bond donors (Lipinski definition) is 4. The van der Waals surface area contributed by atoms with Gasteiger partial charge >= 0.3 is 5.97 Å². The molecular weight excluding hydrogens is 190 g/mol. The quantitative estimate of drug-likeness (QED) is 0.532. The number of hydrogen-bond acceptors (Lipinski definition) is 5. The Hall–Kier alpha value is -1.79. The van der Waals surface area contributed by atoms with Crippen LogP contribution in [0.3, 0.4) is 0 Å². The largest absolute Gasteiger partial charge is 0.506 e. The molecule has 0 spiro atoms. The maximum atomic E-state index is 10.3. The number of carboxylic acid groups (broad SMARTS) is 1. The lowest BCUT2D eigenvalue weighted by molar-refractivity contribution is -0.136. The number of rotatable bonds is 3. The normalized spacial score (nSPS) is 9.86. The van der Waals surface area contributed by atoms with Gasteiger partial charge in [-0.3, -0.25) is 15.2 Å². The molecule has 0 aliphatic carbocycles. The van der Waals surface area contributed by atoms with Crippen LogP contribution < -0.4 is 5.23 Å². The molecule has 6 heteroatoms. The number of carboxylic acids is 1. The average molecular weight is 199 g/mol. The predicted octanol–water partition coefficient (Wildman–Crippen LogP) is 0.604. The molecule has 0 radical (unpaired) electrons. The molecule has 0 aliphatic rings. The fraction of sp³-hybridized carbons (Fsp3) is 0.125. The smallest absolute Gasteiger partial charge is 0.307 e. The number of phenolic OH excluding ortho intramolecular Hbond substituents is 1. The van der Waals surface area contributed by atoms with Gasteiger partial charge in [-0.15, -0.1) is 5.23 Å². The van der Waals surface area contributed by atoms with E-state index in [1.807, 2.05) is 0 Å². The van der Waals surface area contributed by atoms with Crippen molar-refractivity contribution in [2.75, 3.05) is 5.23 Å². The first-order valence-corrected chi connectivity index (χ1v) is 3.72. The third-order valence-electron chi connectivity index (χ3n) is 1.61. The lowest BCUT2D eigenvalue weighted by Gasteiger charge is -2.10. The Bertz CT molecular complexity index is 350. The van der Waals surface area contributed by atoms with E-state index >= 15 is 0 Å². The standard InChI is InChI=1S/C8H9NO5/c10-7-2-1-5(4-8(11)12)3-6(7)9(13)14/h1-3,10,13-14H,4H2,(H,11,12). The van der Waals surface area contributed by atoms with E-state index in [0.717, 1.165) is 0 Å². The van der Waals surface area contributed by atoms with Gasteiger partial charge in [0.1, 0.15) is 11.4 Å². The summed E-state index contributed by atoms with van der Waals surface area (Å²) in [5.41, 5.74) is 0.0992. The topological polar surface area (TPSA) is 101 Å². The lowest BCUT2D eigenvalue weighted by Crippen LogP contribution is -2.12. The molecule has 0 aromatic heterocycles. The molecule has 0 amide bonds. The maximum Gasteiger partial charge on any atom is 0.307 e. The summed E-state index contributed by atoms with van der Waals surface area (Å²) in [6.07, 6.45) is -0.249. The van der Waals surface area contributed by atoms with Crippen molar-refractivity contribution in [2.24, 2.45) is 0 Å². The molecule has 4 N–H and O–H groups in total. The van der Waals surface area contributed by atoms with Crippen molar-refractivity contribution >= 4 is 11.7 Å². The number of aliphatic carboxylic acids is 1. The highest BCUT2D eigenvalue weighted by Gasteiger charge is 2.09. The minimum atomic E-state index is -1.04. The summed E-state index contributed by atoms with van der Waals surface area (Å²) in [7, 11) is 0. The molecule has 0 aliphatic heterocycles. The van der Waals surface area contributed by atoms with Crippen molar-refractivity contribution in [3.05, 3.63) is 23.8 Å². The van der Waals surface area contributed by atoms with Crippen LogP contribution in [0.4, 0.5) is 5.69 Å². The summed E-state index contributed by atoms with van der Waals surface area (Å²) >= 11 is 0. The summed E-state index contributed by atoms with van der Waals surface area (Å²) < 4.78 is 0. The van der Waals surface area contributed by atoms with E-state index < -0.39 is 5.97 Å². The molecule has 1 aromatic carbocycles. The van der Waals surface area contributed by atoms with Crippen molar-refractivity contribution in [1.29, 1.82) is 0 Å². The van der Waals surface area contributed by atoms with Crippen LogP contribution in [0.2, 0.25) is 0 Å². The number of nitrogens with zero attached hydrogens (tertiary/aromatic N) is 1. The van der Waals surface area contributed by atoms with Crippen LogP contribution in [-0.4, -0.2) is 26.6 Å². The van der Waals surface area contributed by atoms with Gasteiger partial charge in [0.25, 0.3) is 0 Å². The molecular formula is C8H9NO5. The van der Waals surface area contributed by atoms with Gasteiger partial charge in [0.2, 0.25) is 0 Å². The molecule has 14 heavy (non-hydrogen) atoms. The highest BCUT2D eigenvalue weighted by molar-refractivity contribution is 5.71. The van der Waals surface area contributed by atoms with Gasteiger partial charge in [0.15, 0.2) is 0 Å². The maximum absolute atomic E-state index is 10.3. The fourth-order valence-corrected chi connectivity index (χ4v) is 1.01. The zero-order valence-electron chi connectivity index (χ0n) is 7.08. The van der Waals surface area contributed by atoms with Gasteiger partial charge < -0.3 is 10.2 Å². The molecule has 0 bridgehead atoms. The first kappa shape index (κ1) is 10.3. The number of benzene rings is 1. The number of carbonyl (C=O) groups is 1. The second-order valence-electron chi connectivity index (χ2n) is 2.68. The average Bonchev–Trinajstić information content (AvgIpc) is 2.07. The summed E-state index contributed by atoms with van der Waals surface area (Å²) in [6.45, 7) is 0. The van der Waals surface area contributed by atoms with E-state index in [4.69, 9.17) is 20.6 Å². The van der Waals surface area contributed by atoms with E-state index in [1.54, 1.807) is 0 Å². The summed E-state index contributed by atoms with van der Waals surface area (Å²) in [6, 6.07) is 3.74. The molecule has 1 aromatic rings. The highest BCUT2D eigenvalue weighted by atomic mass is 16.8. The second kappa shape index (κ2) is 3.95. The summed E-state index contributed by atoms with van der Waals surface area (Å²) in [4.78, 5) is 10.3. The Labute approximate surface area is 79.2 Å². The van der Waals surface area contributed by atoms with Crippen molar-refractivity contribution < 1.29 is 25.4 Å². The Kier molecular flexibility index (Phi) is 2.90. The number of aromatic hydroxyl groups is 1. The number of anilines is 1. The van der Waals surface area contributed by atoms with Crippen LogP contribution >= 0.6 is 0 Å². The van der Waals surface area contributed by atoms with Crippen LogP contribution in [0.5, 0.6) is 5.75 Å². The van der Waals surface area contributed by atoms with Crippen molar-refractivity contribution in [2.45, 2.75) is 6.42 Å². The van der Waals surface area contributed by atoms with Crippen molar-refractivity contribution in [3.63, 3.8) is 0 Å². The lowest BCUT2D eigenvalue weighted by atomic mass is 10.1. The monoisotopic (exact) mass is 199 g/mol. The zero-order chi connectivity index (χ0) is 10.7. The molecule has 0 unspecified atom stereocenters. The van der Waals surface area contributed by atoms with Crippen LogP contribution in [0.25, 0.3) is 0 Å². The van der Waals surface area contributed by atoms with Gasteiger partial charge in [-0.25, -0.2) is 0 Å². The van der Waals surface area contributed by atoms with Crippen molar-refractivity contribution in [1.82, 2.24) is 0 Å². The SMILES string of the molecule is O=C(O)Cc1ccc(O)c(N(O)O)c1. The Morgan fingerprint density at radius 2 is 2.00 bits per heavy atom. The second-order valence-corrected chi connectivity index (χ2v) is 2.68. The molecule has 76 valence electrons. The molecule has 0 heterocycles. The van der Waals surface area contributed by atoms with E-state index in [9.17, 15) is 4.79 Å². The first-order chi connectivity index (χ1) is 6.50. The third-order valence-corrected chi connectivity index (χ3v) is 1.61. The molecule has 0 atom stereocenters. The molecule has 6 nitrogen and oxygen atoms in total. The van der Waals surface area contributed by atoms with Gasteiger partial charge in [0, 0.05) is 0 Å². The molecule has 0 fully saturated rings. The molecule has 1 rings (SSSR count). The summed E-state index contributed by atoms with van der Waals surface area (Å²) in [5, 5.41) is 34.6. The Balaban J connectivity index is 3.00. The van der Waals surface area contributed by atoms with Crippen LogP contribution in [-0.2, 0) is 11.2 Å².